The van der Waals surface area contributed by atoms with E-state index in [0.29, 0.717) is 18.3 Å². The number of hydrogen-bond acceptors (Lipinski definition) is 3. The van der Waals surface area contributed by atoms with E-state index < -0.39 is 9.84 Å². The molecule has 0 spiro atoms. The van der Waals surface area contributed by atoms with Crippen molar-refractivity contribution in [1.29, 1.82) is 0 Å². The van der Waals surface area contributed by atoms with E-state index in [4.69, 9.17) is 0 Å². The molecule has 1 aliphatic rings. The molecule has 2 unspecified atom stereocenters. The maximum absolute atomic E-state index is 11.3. The molecule has 0 bridgehead atoms. The fourth-order valence-electron chi connectivity index (χ4n) is 1.14. The lowest BCUT2D eigenvalue weighted by Gasteiger charge is -2.08. The lowest BCUT2D eigenvalue weighted by atomic mass is 10.2. The zero-order valence-electron chi connectivity index (χ0n) is 7.00. The molecule has 1 aliphatic heterocycles. The minimum atomic E-state index is -2.79. The van der Waals surface area contributed by atoms with Crippen molar-refractivity contribution in [2.45, 2.75) is 31.6 Å². The predicted octanol–water partition coefficient (Wildman–Crippen LogP) is 0.172. The minimum absolute atomic E-state index is 0.215. The summed E-state index contributed by atoms with van der Waals surface area (Å²) in [4.78, 5) is 0. The van der Waals surface area contributed by atoms with Crippen molar-refractivity contribution in [3.8, 4) is 0 Å². The second kappa shape index (κ2) is 3.11. The molecular weight excluding hydrogens is 162 g/mol. The van der Waals surface area contributed by atoms with Crippen LogP contribution in [0.25, 0.3) is 0 Å². The third kappa shape index (κ3) is 2.17. The molecule has 2 atom stereocenters. The molecule has 0 aliphatic carbocycles. The Morgan fingerprint density at radius 3 is 2.64 bits per heavy atom. The van der Waals surface area contributed by atoms with Gasteiger partial charge in [-0.05, 0) is 20.3 Å². The summed E-state index contributed by atoms with van der Waals surface area (Å²) >= 11 is 0. The highest BCUT2D eigenvalue weighted by Crippen LogP contribution is 2.09. The maximum Gasteiger partial charge on any atom is 0.154 e. The fourth-order valence-corrected chi connectivity index (χ4v) is 2.57. The molecule has 0 aromatic carbocycles. The van der Waals surface area contributed by atoms with Gasteiger partial charge < -0.3 is 5.32 Å². The largest absolute Gasteiger partial charge is 0.313 e. The van der Waals surface area contributed by atoms with Gasteiger partial charge in [-0.15, -0.1) is 0 Å². The average Bonchev–Trinajstić information content (AvgIpc) is 2.03. The first-order valence-corrected chi connectivity index (χ1v) is 5.69. The molecule has 66 valence electrons. The Kier molecular flexibility index (Phi) is 2.54. The number of hydrogen-bond donors (Lipinski definition) is 1. The second-order valence-electron chi connectivity index (χ2n) is 3.28. The SMILES string of the molecule is CC1CCS(=O)(=O)C(C)CN1. The Bertz CT molecular complexity index is 223. The van der Waals surface area contributed by atoms with Gasteiger partial charge in [-0.2, -0.15) is 0 Å². The third-order valence-electron chi connectivity index (χ3n) is 2.20. The van der Waals surface area contributed by atoms with Crippen LogP contribution in [-0.2, 0) is 9.84 Å². The summed E-state index contributed by atoms with van der Waals surface area (Å²) in [5.74, 6) is 0.336. The Hall–Kier alpha value is -0.0900. The quantitative estimate of drug-likeness (QED) is 0.574. The van der Waals surface area contributed by atoms with E-state index in [0.717, 1.165) is 6.42 Å². The minimum Gasteiger partial charge on any atom is -0.313 e. The molecule has 1 saturated heterocycles. The Morgan fingerprint density at radius 1 is 1.36 bits per heavy atom. The van der Waals surface area contributed by atoms with E-state index in [2.05, 4.69) is 5.32 Å². The first kappa shape index (κ1) is 9.00. The zero-order valence-corrected chi connectivity index (χ0v) is 7.82. The van der Waals surface area contributed by atoms with Gasteiger partial charge in [0.1, 0.15) is 0 Å². The van der Waals surface area contributed by atoms with Gasteiger partial charge in [-0.25, -0.2) is 8.42 Å². The van der Waals surface area contributed by atoms with E-state index in [-0.39, 0.29) is 5.25 Å². The van der Waals surface area contributed by atoms with Crippen molar-refractivity contribution in [3.05, 3.63) is 0 Å². The van der Waals surface area contributed by atoms with Crippen molar-refractivity contribution in [3.63, 3.8) is 0 Å². The van der Waals surface area contributed by atoms with Gasteiger partial charge in [-0.3, -0.25) is 0 Å². The van der Waals surface area contributed by atoms with Crippen LogP contribution >= 0.6 is 0 Å². The summed E-state index contributed by atoms with van der Waals surface area (Å²) in [5, 5.41) is 2.96. The average molecular weight is 177 g/mol. The number of sulfone groups is 1. The van der Waals surface area contributed by atoms with Crippen LogP contribution in [0, 0.1) is 0 Å². The van der Waals surface area contributed by atoms with Crippen LogP contribution in [0.4, 0.5) is 0 Å². The first-order valence-electron chi connectivity index (χ1n) is 3.97. The van der Waals surface area contributed by atoms with E-state index in [1.54, 1.807) is 6.92 Å². The third-order valence-corrected chi connectivity index (χ3v) is 4.40. The smallest absolute Gasteiger partial charge is 0.154 e. The van der Waals surface area contributed by atoms with Gasteiger partial charge in [0.05, 0.1) is 11.0 Å². The Balaban J connectivity index is 2.72. The monoisotopic (exact) mass is 177 g/mol. The lowest BCUT2D eigenvalue weighted by Crippen LogP contribution is -2.31. The molecule has 0 aromatic rings. The van der Waals surface area contributed by atoms with Crippen molar-refractivity contribution < 1.29 is 8.42 Å². The van der Waals surface area contributed by atoms with E-state index in [9.17, 15) is 8.42 Å². The maximum atomic E-state index is 11.3. The molecule has 4 heteroatoms. The van der Waals surface area contributed by atoms with Gasteiger partial charge >= 0.3 is 0 Å². The van der Waals surface area contributed by atoms with Gasteiger partial charge in [0.25, 0.3) is 0 Å². The molecule has 1 rings (SSSR count). The van der Waals surface area contributed by atoms with Gasteiger partial charge in [-0.1, -0.05) is 0 Å². The van der Waals surface area contributed by atoms with E-state index in [1.165, 1.54) is 0 Å². The lowest BCUT2D eigenvalue weighted by molar-refractivity contribution is 0.550. The Labute approximate surface area is 68.1 Å². The van der Waals surface area contributed by atoms with Crippen molar-refractivity contribution in [1.82, 2.24) is 5.32 Å². The van der Waals surface area contributed by atoms with Crippen LogP contribution < -0.4 is 5.32 Å². The molecule has 1 heterocycles. The topological polar surface area (TPSA) is 46.2 Å². The summed E-state index contributed by atoms with van der Waals surface area (Å²) in [6, 6.07) is 0.342. The summed E-state index contributed by atoms with van der Waals surface area (Å²) in [7, 11) is -2.79. The van der Waals surface area contributed by atoms with Crippen molar-refractivity contribution >= 4 is 9.84 Å². The molecule has 0 radical (unpaired) electrons. The highest BCUT2D eigenvalue weighted by molar-refractivity contribution is 7.92. The van der Waals surface area contributed by atoms with Gasteiger partial charge in [0.15, 0.2) is 9.84 Å². The van der Waals surface area contributed by atoms with Crippen LogP contribution in [0.3, 0.4) is 0 Å². The molecule has 1 fully saturated rings. The van der Waals surface area contributed by atoms with Crippen LogP contribution in [0.15, 0.2) is 0 Å². The van der Waals surface area contributed by atoms with Crippen LogP contribution in [-0.4, -0.2) is 32.0 Å². The highest BCUT2D eigenvalue weighted by atomic mass is 32.2. The van der Waals surface area contributed by atoms with Gasteiger partial charge in [0, 0.05) is 12.6 Å². The predicted molar refractivity (Wildman–Crippen MR) is 45.3 cm³/mol. The van der Waals surface area contributed by atoms with Crippen LogP contribution in [0.2, 0.25) is 0 Å². The molecule has 0 aromatic heterocycles. The molecule has 1 N–H and O–H groups in total. The second-order valence-corrected chi connectivity index (χ2v) is 5.81. The van der Waals surface area contributed by atoms with Crippen LogP contribution in [0.1, 0.15) is 20.3 Å². The normalized spacial score (nSPS) is 38.0. The summed E-state index contributed by atoms with van der Waals surface area (Å²) in [6.07, 6.45) is 0.743. The van der Waals surface area contributed by atoms with Crippen molar-refractivity contribution in [2.24, 2.45) is 0 Å². The zero-order chi connectivity index (χ0) is 8.48. The summed E-state index contributed by atoms with van der Waals surface area (Å²) < 4.78 is 22.6. The highest BCUT2D eigenvalue weighted by Gasteiger charge is 2.24. The van der Waals surface area contributed by atoms with E-state index >= 15 is 0 Å². The fraction of sp³-hybridized carbons (Fsp3) is 1.00. The van der Waals surface area contributed by atoms with Gasteiger partial charge in [0.2, 0.25) is 0 Å². The standard InChI is InChI=1S/C7H15NO2S/c1-6-3-4-11(9,10)7(2)5-8-6/h6-8H,3-5H2,1-2H3. The molecule has 3 nitrogen and oxygen atoms in total. The molecule has 11 heavy (non-hydrogen) atoms. The molecule has 0 saturated carbocycles. The number of rotatable bonds is 0. The Morgan fingerprint density at radius 2 is 2.00 bits per heavy atom. The van der Waals surface area contributed by atoms with Crippen LogP contribution in [0.5, 0.6) is 0 Å². The summed E-state index contributed by atoms with van der Waals surface area (Å²) in [5.41, 5.74) is 0. The summed E-state index contributed by atoms with van der Waals surface area (Å²) in [6.45, 7) is 4.39. The molecular formula is C7H15NO2S. The molecule has 0 amide bonds. The van der Waals surface area contributed by atoms with E-state index in [1.807, 2.05) is 6.92 Å². The van der Waals surface area contributed by atoms with Crippen molar-refractivity contribution in [2.75, 3.05) is 12.3 Å². The first-order chi connectivity index (χ1) is 5.02. The number of nitrogens with one attached hydrogen (secondary N) is 1.